The molecule has 0 aliphatic carbocycles. The van der Waals surface area contributed by atoms with Gasteiger partial charge < -0.3 is 20.0 Å². The van der Waals surface area contributed by atoms with Gasteiger partial charge in [-0.15, -0.1) is 24.0 Å². The van der Waals surface area contributed by atoms with Crippen LogP contribution in [0.15, 0.2) is 15.6 Å². The molecule has 1 aromatic heterocycles. The molecule has 1 fully saturated rings. The highest BCUT2D eigenvalue weighted by molar-refractivity contribution is 14.0. The van der Waals surface area contributed by atoms with Crippen molar-refractivity contribution in [2.75, 3.05) is 33.2 Å². The van der Waals surface area contributed by atoms with E-state index in [0.717, 1.165) is 24.2 Å². The van der Waals surface area contributed by atoms with Crippen molar-refractivity contribution >= 4 is 29.9 Å². The van der Waals surface area contributed by atoms with Crippen molar-refractivity contribution < 1.29 is 4.42 Å². The lowest BCUT2D eigenvalue weighted by Gasteiger charge is -2.32. The molecule has 0 aromatic carbocycles. The first kappa shape index (κ1) is 23.2. The average molecular weight is 477 g/mol. The van der Waals surface area contributed by atoms with Crippen molar-refractivity contribution in [1.82, 2.24) is 20.5 Å². The van der Waals surface area contributed by atoms with E-state index in [1.165, 1.54) is 38.9 Å². The van der Waals surface area contributed by atoms with Crippen molar-refractivity contribution in [2.24, 2.45) is 10.9 Å². The zero-order valence-electron chi connectivity index (χ0n) is 17.0. The standard InChI is InChI=1S/C19H35N5O.HI/c1-6-9-24-10-7-15(8-11-24)12-22-18(20-5)23-14-17-21-13-16(25-17)19(2,3)4;/h13,15H,6-12,14H2,1-5H3,(H2,20,22,23);1H. The summed E-state index contributed by atoms with van der Waals surface area (Å²) < 4.78 is 5.81. The van der Waals surface area contributed by atoms with Gasteiger partial charge in [0, 0.05) is 19.0 Å². The summed E-state index contributed by atoms with van der Waals surface area (Å²) in [6, 6.07) is 0. The largest absolute Gasteiger partial charge is 0.443 e. The highest BCUT2D eigenvalue weighted by Crippen LogP contribution is 2.22. The number of nitrogens with one attached hydrogen (secondary N) is 2. The van der Waals surface area contributed by atoms with Crippen LogP contribution in [0.1, 0.15) is 58.6 Å². The number of hydrogen-bond acceptors (Lipinski definition) is 4. The Morgan fingerprint density at radius 2 is 2.00 bits per heavy atom. The summed E-state index contributed by atoms with van der Waals surface area (Å²) in [5, 5.41) is 6.74. The predicted molar refractivity (Wildman–Crippen MR) is 118 cm³/mol. The number of oxazole rings is 1. The molecule has 2 heterocycles. The number of halogens is 1. The molecule has 0 spiro atoms. The number of nitrogens with zero attached hydrogens (tertiary/aromatic N) is 3. The predicted octanol–water partition coefficient (Wildman–Crippen LogP) is 3.38. The molecule has 0 amide bonds. The summed E-state index contributed by atoms with van der Waals surface area (Å²) in [6.07, 6.45) is 5.59. The molecular formula is C19H36IN5O. The maximum atomic E-state index is 5.81. The minimum Gasteiger partial charge on any atom is -0.443 e. The van der Waals surface area contributed by atoms with Gasteiger partial charge in [0.25, 0.3) is 0 Å². The van der Waals surface area contributed by atoms with Crippen LogP contribution in [0.4, 0.5) is 0 Å². The summed E-state index contributed by atoms with van der Waals surface area (Å²) in [5.74, 6) is 3.14. The summed E-state index contributed by atoms with van der Waals surface area (Å²) in [7, 11) is 1.80. The Hall–Kier alpha value is -0.830. The van der Waals surface area contributed by atoms with Crippen LogP contribution in [-0.4, -0.2) is 49.1 Å². The van der Waals surface area contributed by atoms with Crippen molar-refractivity contribution in [1.29, 1.82) is 0 Å². The van der Waals surface area contributed by atoms with E-state index in [1.807, 2.05) is 6.20 Å². The second-order valence-electron chi connectivity index (χ2n) is 7.96. The van der Waals surface area contributed by atoms with Gasteiger partial charge in [-0.3, -0.25) is 4.99 Å². The molecule has 1 aliphatic rings. The van der Waals surface area contributed by atoms with Crippen LogP contribution in [0.2, 0.25) is 0 Å². The van der Waals surface area contributed by atoms with Gasteiger partial charge in [-0.1, -0.05) is 27.7 Å². The molecular weight excluding hydrogens is 441 g/mol. The van der Waals surface area contributed by atoms with Gasteiger partial charge in [-0.2, -0.15) is 0 Å². The van der Waals surface area contributed by atoms with E-state index in [9.17, 15) is 0 Å². The minimum atomic E-state index is -0.0161. The van der Waals surface area contributed by atoms with Crippen LogP contribution in [0.5, 0.6) is 0 Å². The maximum absolute atomic E-state index is 5.81. The van der Waals surface area contributed by atoms with Crippen LogP contribution < -0.4 is 10.6 Å². The fraction of sp³-hybridized carbons (Fsp3) is 0.789. The second-order valence-corrected chi connectivity index (χ2v) is 7.96. The second kappa shape index (κ2) is 11.1. The Kier molecular flexibility index (Phi) is 9.92. The van der Waals surface area contributed by atoms with Crippen molar-refractivity contribution in [2.45, 2.75) is 58.9 Å². The van der Waals surface area contributed by atoms with E-state index >= 15 is 0 Å². The zero-order chi connectivity index (χ0) is 18.3. The van der Waals surface area contributed by atoms with E-state index < -0.39 is 0 Å². The lowest BCUT2D eigenvalue weighted by Crippen LogP contribution is -2.42. The van der Waals surface area contributed by atoms with Crippen LogP contribution in [0, 0.1) is 5.92 Å². The molecule has 0 atom stereocenters. The van der Waals surface area contributed by atoms with Gasteiger partial charge in [0.2, 0.25) is 5.89 Å². The van der Waals surface area contributed by atoms with Crippen LogP contribution in [-0.2, 0) is 12.0 Å². The number of hydrogen-bond donors (Lipinski definition) is 2. The Morgan fingerprint density at radius 1 is 1.31 bits per heavy atom. The van der Waals surface area contributed by atoms with Crippen molar-refractivity contribution in [3.05, 3.63) is 17.8 Å². The van der Waals surface area contributed by atoms with E-state index in [0.29, 0.717) is 12.4 Å². The van der Waals surface area contributed by atoms with Gasteiger partial charge in [0.05, 0.1) is 12.7 Å². The SMILES string of the molecule is CCCN1CCC(CNC(=NC)NCc2ncc(C(C)(C)C)o2)CC1.I. The number of aliphatic imine (C=N–C) groups is 1. The molecule has 0 saturated carbocycles. The number of rotatable bonds is 6. The monoisotopic (exact) mass is 477 g/mol. The molecule has 150 valence electrons. The Bertz CT molecular complexity index is 544. The topological polar surface area (TPSA) is 65.7 Å². The van der Waals surface area contributed by atoms with E-state index in [-0.39, 0.29) is 29.4 Å². The first-order chi connectivity index (χ1) is 11.9. The number of guanidine groups is 1. The first-order valence-electron chi connectivity index (χ1n) is 9.54. The Balaban J connectivity index is 0.00000338. The molecule has 1 aliphatic heterocycles. The van der Waals surface area contributed by atoms with Gasteiger partial charge in [-0.05, 0) is 44.8 Å². The summed E-state index contributed by atoms with van der Waals surface area (Å²) in [4.78, 5) is 11.2. The quantitative estimate of drug-likeness (QED) is 0.374. The van der Waals surface area contributed by atoms with Crippen LogP contribution in [0.25, 0.3) is 0 Å². The molecule has 26 heavy (non-hydrogen) atoms. The number of aromatic nitrogens is 1. The fourth-order valence-corrected chi connectivity index (χ4v) is 3.09. The van der Waals surface area contributed by atoms with Crippen molar-refractivity contribution in [3.63, 3.8) is 0 Å². The fourth-order valence-electron chi connectivity index (χ4n) is 3.09. The molecule has 6 nitrogen and oxygen atoms in total. The smallest absolute Gasteiger partial charge is 0.213 e. The van der Waals surface area contributed by atoms with Gasteiger partial charge in [0.15, 0.2) is 5.96 Å². The third-order valence-electron chi connectivity index (χ3n) is 4.73. The molecule has 2 N–H and O–H groups in total. The highest BCUT2D eigenvalue weighted by atomic mass is 127. The Labute approximate surface area is 175 Å². The average Bonchev–Trinajstić information content (AvgIpc) is 3.06. The third kappa shape index (κ3) is 7.42. The summed E-state index contributed by atoms with van der Waals surface area (Å²) >= 11 is 0. The zero-order valence-corrected chi connectivity index (χ0v) is 19.3. The lowest BCUT2D eigenvalue weighted by atomic mass is 9.94. The molecule has 7 heteroatoms. The molecule has 0 bridgehead atoms. The molecule has 1 aromatic rings. The van der Waals surface area contributed by atoms with E-state index in [4.69, 9.17) is 4.42 Å². The number of likely N-dealkylation sites (tertiary alicyclic amines) is 1. The molecule has 1 saturated heterocycles. The first-order valence-corrected chi connectivity index (χ1v) is 9.54. The van der Waals surface area contributed by atoms with E-state index in [2.05, 4.69) is 53.2 Å². The van der Waals surface area contributed by atoms with Crippen LogP contribution in [0.3, 0.4) is 0 Å². The van der Waals surface area contributed by atoms with E-state index in [1.54, 1.807) is 7.05 Å². The number of piperidine rings is 1. The molecule has 0 unspecified atom stereocenters. The summed E-state index contributed by atoms with van der Waals surface area (Å²) in [5.41, 5.74) is -0.0161. The molecule has 2 rings (SSSR count). The van der Waals surface area contributed by atoms with Crippen molar-refractivity contribution in [3.8, 4) is 0 Å². The summed E-state index contributed by atoms with van der Waals surface area (Å²) in [6.45, 7) is 13.8. The third-order valence-corrected chi connectivity index (χ3v) is 4.73. The van der Waals surface area contributed by atoms with Crippen LogP contribution >= 0.6 is 24.0 Å². The maximum Gasteiger partial charge on any atom is 0.213 e. The van der Waals surface area contributed by atoms with Gasteiger partial charge in [-0.25, -0.2) is 4.98 Å². The molecule has 0 radical (unpaired) electrons. The van der Waals surface area contributed by atoms with Gasteiger partial charge in [0.1, 0.15) is 5.76 Å². The minimum absolute atomic E-state index is 0. The Morgan fingerprint density at radius 3 is 2.54 bits per heavy atom. The highest BCUT2D eigenvalue weighted by Gasteiger charge is 2.20. The normalized spacial score (nSPS) is 17.0. The lowest BCUT2D eigenvalue weighted by molar-refractivity contribution is 0.185. The van der Waals surface area contributed by atoms with Gasteiger partial charge >= 0.3 is 0 Å².